The molecule has 9 nitrogen and oxygen atoms in total. The van der Waals surface area contributed by atoms with Crippen LogP contribution in [0.1, 0.15) is 81.6 Å². The van der Waals surface area contributed by atoms with Gasteiger partial charge in [-0.05, 0) is 106 Å². The number of aryl methyl sites for hydroxylation is 1. The molecule has 0 spiro atoms. The SMILES string of the molecule is CON(C(=O)c1ccc(C)c(Oc2ccnc(CC3CCN(C(=O)OC(C)(C)C)CC3)c2)c1)c1cc(N)cc(C(C)(C)C)c1. The van der Waals surface area contributed by atoms with E-state index < -0.39 is 5.60 Å². The third-order valence-corrected chi connectivity index (χ3v) is 7.62. The molecule has 0 unspecified atom stereocenters. The molecule has 9 heteroatoms. The molecule has 1 aromatic heterocycles. The molecule has 4 rings (SSSR count). The Hall–Kier alpha value is -4.11. The van der Waals surface area contributed by atoms with Crippen molar-refractivity contribution in [2.24, 2.45) is 5.92 Å². The van der Waals surface area contributed by atoms with Crippen molar-refractivity contribution in [2.45, 2.75) is 78.7 Å². The van der Waals surface area contributed by atoms with Crippen LogP contribution in [0.4, 0.5) is 16.2 Å². The van der Waals surface area contributed by atoms with E-state index in [9.17, 15) is 9.59 Å². The first-order chi connectivity index (χ1) is 20.6. The van der Waals surface area contributed by atoms with Crippen LogP contribution in [0.3, 0.4) is 0 Å². The zero-order valence-electron chi connectivity index (χ0n) is 27.3. The van der Waals surface area contributed by atoms with E-state index in [1.807, 2.05) is 58.0 Å². The topological polar surface area (TPSA) is 107 Å². The van der Waals surface area contributed by atoms with Crippen LogP contribution < -0.4 is 15.5 Å². The first kappa shape index (κ1) is 32.8. The molecule has 1 fully saturated rings. The number of benzene rings is 2. The smallest absolute Gasteiger partial charge is 0.410 e. The highest BCUT2D eigenvalue weighted by atomic mass is 16.7. The van der Waals surface area contributed by atoms with Crippen LogP contribution in [-0.4, -0.2) is 47.7 Å². The largest absolute Gasteiger partial charge is 0.457 e. The van der Waals surface area contributed by atoms with Crippen molar-refractivity contribution >= 4 is 23.4 Å². The molecule has 1 saturated heterocycles. The van der Waals surface area contributed by atoms with Gasteiger partial charge in [0.05, 0.1) is 12.8 Å². The number of nitrogen functional groups attached to an aromatic ring is 1. The number of anilines is 2. The number of aromatic nitrogens is 1. The van der Waals surface area contributed by atoms with Crippen LogP contribution in [0.5, 0.6) is 11.5 Å². The summed E-state index contributed by atoms with van der Waals surface area (Å²) < 4.78 is 11.8. The van der Waals surface area contributed by atoms with Gasteiger partial charge in [-0.3, -0.25) is 14.6 Å². The second-order valence-corrected chi connectivity index (χ2v) is 13.5. The van der Waals surface area contributed by atoms with E-state index in [0.717, 1.165) is 36.1 Å². The van der Waals surface area contributed by atoms with E-state index in [2.05, 4.69) is 25.8 Å². The quantitative estimate of drug-likeness (QED) is 0.221. The Morgan fingerprint density at radius 2 is 1.70 bits per heavy atom. The molecule has 44 heavy (non-hydrogen) atoms. The molecule has 2 heterocycles. The van der Waals surface area contributed by atoms with E-state index in [0.29, 0.717) is 47.4 Å². The predicted octanol–water partition coefficient (Wildman–Crippen LogP) is 7.46. The number of hydroxylamine groups is 1. The molecule has 2 N–H and O–H groups in total. The number of ether oxygens (including phenoxy) is 2. The summed E-state index contributed by atoms with van der Waals surface area (Å²) in [5.74, 6) is 1.28. The normalized spacial score (nSPS) is 14.3. The number of rotatable bonds is 7. The number of nitrogens with zero attached hydrogens (tertiary/aromatic N) is 3. The van der Waals surface area contributed by atoms with Gasteiger partial charge in [-0.2, -0.15) is 5.06 Å². The fraction of sp³-hybridized carbons (Fsp3) is 0.457. The van der Waals surface area contributed by atoms with Crippen LogP contribution in [0, 0.1) is 12.8 Å². The van der Waals surface area contributed by atoms with Crippen molar-refractivity contribution in [3.63, 3.8) is 0 Å². The van der Waals surface area contributed by atoms with Crippen LogP contribution in [0.2, 0.25) is 0 Å². The lowest BCUT2D eigenvalue weighted by atomic mass is 9.86. The molecular weight excluding hydrogens is 556 g/mol. The number of hydrogen-bond donors (Lipinski definition) is 1. The number of piperidine rings is 1. The van der Waals surface area contributed by atoms with Gasteiger partial charge in [0.2, 0.25) is 0 Å². The van der Waals surface area contributed by atoms with Crippen LogP contribution >= 0.6 is 0 Å². The molecule has 236 valence electrons. The lowest BCUT2D eigenvalue weighted by Crippen LogP contribution is -2.42. The molecule has 0 saturated carbocycles. The van der Waals surface area contributed by atoms with Gasteiger partial charge in [-0.15, -0.1) is 0 Å². The van der Waals surface area contributed by atoms with Gasteiger partial charge in [-0.25, -0.2) is 4.79 Å². The number of likely N-dealkylation sites (tertiary alicyclic amines) is 1. The highest BCUT2D eigenvalue weighted by Crippen LogP contribution is 2.32. The molecule has 2 amide bonds. The Balaban J connectivity index is 1.45. The summed E-state index contributed by atoms with van der Waals surface area (Å²) in [5.41, 5.74) is 9.86. The van der Waals surface area contributed by atoms with Gasteiger partial charge in [0.1, 0.15) is 17.1 Å². The number of pyridine rings is 1. The second-order valence-electron chi connectivity index (χ2n) is 13.5. The summed E-state index contributed by atoms with van der Waals surface area (Å²) in [6.45, 7) is 15.2. The molecule has 2 aromatic carbocycles. The maximum atomic E-state index is 13.6. The van der Waals surface area contributed by atoms with Gasteiger partial charge in [0.15, 0.2) is 0 Å². The van der Waals surface area contributed by atoms with E-state index in [1.165, 1.54) is 12.2 Å². The van der Waals surface area contributed by atoms with E-state index in [1.54, 1.807) is 29.3 Å². The first-order valence-electron chi connectivity index (χ1n) is 15.1. The highest BCUT2D eigenvalue weighted by Gasteiger charge is 2.27. The monoisotopic (exact) mass is 602 g/mol. The van der Waals surface area contributed by atoms with Crippen LogP contribution in [0.25, 0.3) is 0 Å². The van der Waals surface area contributed by atoms with E-state index >= 15 is 0 Å². The van der Waals surface area contributed by atoms with E-state index in [-0.39, 0.29) is 17.4 Å². The molecule has 0 aliphatic carbocycles. The Morgan fingerprint density at radius 1 is 1.00 bits per heavy atom. The minimum absolute atomic E-state index is 0.154. The summed E-state index contributed by atoms with van der Waals surface area (Å²) >= 11 is 0. The van der Waals surface area contributed by atoms with Crippen molar-refractivity contribution in [1.29, 1.82) is 0 Å². The maximum absolute atomic E-state index is 13.6. The zero-order valence-corrected chi connectivity index (χ0v) is 27.3. The lowest BCUT2D eigenvalue weighted by Gasteiger charge is -2.33. The average molecular weight is 603 g/mol. The number of nitrogens with two attached hydrogens (primary N) is 1. The molecule has 0 radical (unpaired) electrons. The van der Waals surface area contributed by atoms with Crippen molar-refractivity contribution < 1.29 is 23.9 Å². The van der Waals surface area contributed by atoms with Gasteiger partial charge in [0.25, 0.3) is 5.91 Å². The predicted molar refractivity (Wildman–Crippen MR) is 173 cm³/mol. The fourth-order valence-corrected chi connectivity index (χ4v) is 5.15. The fourth-order valence-electron chi connectivity index (χ4n) is 5.15. The summed E-state index contributed by atoms with van der Waals surface area (Å²) in [5, 5.41) is 1.25. The maximum Gasteiger partial charge on any atom is 0.410 e. The number of carbonyl (C=O) groups excluding carboxylic acids is 2. The molecule has 3 aromatic rings. The number of hydrogen-bond acceptors (Lipinski definition) is 7. The Morgan fingerprint density at radius 3 is 2.34 bits per heavy atom. The van der Waals surface area contributed by atoms with E-state index in [4.69, 9.17) is 20.0 Å². The summed E-state index contributed by atoms with van der Waals surface area (Å²) in [7, 11) is 1.46. The summed E-state index contributed by atoms with van der Waals surface area (Å²) in [6.07, 6.45) is 4.04. The van der Waals surface area contributed by atoms with Crippen molar-refractivity contribution in [2.75, 3.05) is 31.0 Å². The Kier molecular flexibility index (Phi) is 9.88. The third kappa shape index (κ3) is 8.50. The van der Waals surface area contributed by atoms with Crippen molar-refractivity contribution in [3.8, 4) is 11.5 Å². The molecule has 0 bridgehead atoms. The van der Waals surface area contributed by atoms with Gasteiger partial charge in [-0.1, -0.05) is 26.8 Å². The minimum atomic E-state index is -0.501. The Bertz CT molecular complexity index is 1480. The first-order valence-corrected chi connectivity index (χ1v) is 15.1. The Labute approximate surface area is 261 Å². The molecule has 0 atom stereocenters. The van der Waals surface area contributed by atoms with Crippen molar-refractivity contribution in [3.05, 3.63) is 77.1 Å². The summed E-state index contributed by atoms with van der Waals surface area (Å²) in [6, 6.07) is 14.7. The number of carbonyl (C=O) groups is 2. The molecule has 1 aliphatic rings. The minimum Gasteiger partial charge on any atom is -0.457 e. The second kappa shape index (κ2) is 13.3. The van der Waals surface area contributed by atoms with Crippen LogP contribution in [0.15, 0.2) is 54.7 Å². The highest BCUT2D eigenvalue weighted by molar-refractivity contribution is 6.05. The number of amides is 2. The van der Waals surface area contributed by atoms with Gasteiger partial charge < -0.3 is 20.1 Å². The average Bonchev–Trinajstić information content (AvgIpc) is 2.93. The van der Waals surface area contributed by atoms with Gasteiger partial charge >= 0.3 is 6.09 Å². The summed E-state index contributed by atoms with van der Waals surface area (Å²) in [4.78, 5) is 38.0. The lowest BCUT2D eigenvalue weighted by molar-refractivity contribution is 0.0184. The van der Waals surface area contributed by atoms with Gasteiger partial charge in [0, 0.05) is 42.3 Å². The van der Waals surface area contributed by atoms with Crippen LogP contribution in [-0.2, 0) is 21.4 Å². The standard InChI is InChI=1S/C35H46N4O5/c1-23-9-10-25(32(40)39(42-8)29-20-26(34(2,3)4)19-27(36)21-29)18-31(23)43-30-11-14-37-28(22-30)17-24-12-15-38(16-13-24)33(41)44-35(5,6)7/h9-11,14,18-22,24H,12-13,15-17,36H2,1-8H3. The molecular formula is C35H46N4O5. The molecule has 1 aliphatic heterocycles. The van der Waals surface area contributed by atoms with Crippen molar-refractivity contribution in [1.82, 2.24) is 9.88 Å². The zero-order chi connectivity index (χ0) is 32.2. The third-order valence-electron chi connectivity index (χ3n) is 7.62.